The van der Waals surface area contributed by atoms with Crippen LogP contribution in [0.1, 0.15) is 0 Å². The molecule has 1 aromatic carbocycles. The predicted molar refractivity (Wildman–Crippen MR) is 70.7 cm³/mol. The van der Waals surface area contributed by atoms with Crippen LogP contribution < -0.4 is 4.74 Å². The van der Waals surface area contributed by atoms with Gasteiger partial charge in [0.2, 0.25) is 10.0 Å². The summed E-state index contributed by atoms with van der Waals surface area (Å²) in [7, 11) is -2.78. The second-order valence-corrected chi connectivity index (χ2v) is 6.93. The fraction of sp³-hybridized carbons (Fsp3) is 0.364. The van der Waals surface area contributed by atoms with Gasteiger partial charge in [0.05, 0.1) is 17.9 Å². The van der Waals surface area contributed by atoms with Gasteiger partial charge < -0.3 is 9.84 Å². The Kier molecular flexibility index (Phi) is 4.21. The molecule has 20 heavy (non-hydrogen) atoms. The first-order valence-electron chi connectivity index (χ1n) is 5.54. The molecule has 2 rings (SSSR count). The third-order valence-corrected chi connectivity index (χ3v) is 5.88. The van der Waals surface area contributed by atoms with Crippen molar-refractivity contribution in [2.45, 2.75) is 10.9 Å². The number of thioether (sulfide) groups is 1. The van der Waals surface area contributed by atoms with Gasteiger partial charge in [0, 0.05) is 5.75 Å². The highest BCUT2D eigenvalue weighted by atomic mass is 32.2. The van der Waals surface area contributed by atoms with Gasteiger partial charge >= 0.3 is 5.97 Å². The monoisotopic (exact) mass is 321 g/mol. The average Bonchev–Trinajstić information content (AvgIpc) is 2.88. The number of ether oxygens (including phenoxy) is 1. The Morgan fingerprint density at radius 3 is 2.80 bits per heavy atom. The maximum Gasteiger partial charge on any atom is 0.322 e. The van der Waals surface area contributed by atoms with Gasteiger partial charge in [-0.1, -0.05) is 0 Å². The van der Waals surface area contributed by atoms with Crippen LogP contribution in [-0.4, -0.2) is 48.6 Å². The van der Waals surface area contributed by atoms with Crippen molar-refractivity contribution >= 4 is 27.8 Å². The van der Waals surface area contributed by atoms with Gasteiger partial charge in [-0.05, 0) is 18.2 Å². The number of carbonyl (C=O) groups is 1. The van der Waals surface area contributed by atoms with E-state index in [-0.39, 0.29) is 22.3 Å². The first-order chi connectivity index (χ1) is 9.37. The van der Waals surface area contributed by atoms with E-state index in [0.29, 0.717) is 0 Å². The van der Waals surface area contributed by atoms with Gasteiger partial charge in [0.25, 0.3) is 0 Å². The van der Waals surface area contributed by atoms with E-state index in [9.17, 15) is 17.6 Å². The van der Waals surface area contributed by atoms with E-state index in [1.165, 1.54) is 31.0 Å². The topological polar surface area (TPSA) is 83.9 Å². The summed E-state index contributed by atoms with van der Waals surface area (Å²) in [6.45, 7) is 0. The van der Waals surface area contributed by atoms with Gasteiger partial charge in [-0.25, -0.2) is 12.8 Å². The van der Waals surface area contributed by atoms with Crippen LogP contribution in [0, 0.1) is 5.82 Å². The van der Waals surface area contributed by atoms with Crippen LogP contribution in [-0.2, 0) is 14.8 Å². The van der Waals surface area contributed by atoms with Gasteiger partial charge in [-0.3, -0.25) is 4.79 Å². The van der Waals surface area contributed by atoms with Crippen LogP contribution in [0.25, 0.3) is 0 Å². The summed E-state index contributed by atoms with van der Waals surface area (Å²) in [4.78, 5) is 10.8. The van der Waals surface area contributed by atoms with Gasteiger partial charge in [0.1, 0.15) is 6.04 Å². The van der Waals surface area contributed by atoms with Crippen molar-refractivity contribution in [1.82, 2.24) is 4.31 Å². The normalized spacial score (nSPS) is 20.0. The molecule has 1 aliphatic rings. The molecule has 0 aliphatic carbocycles. The first kappa shape index (κ1) is 15.1. The highest BCUT2D eigenvalue weighted by Crippen LogP contribution is 2.30. The lowest BCUT2D eigenvalue weighted by molar-refractivity contribution is -0.140. The zero-order valence-electron chi connectivity index (χ0n) is 10.4. The number of nitrogens with zero attached hydrogens (tertiary/aromatic N) is 1. The molecule has 0 amide bonds. The average molecular weight is 321 g/mol. The Bertz CT molecular complexity index is 634. The van der Waals surface area contributed by atoms with Crippen LogP contribution in [0.3, 0.4) is 0 Å². The zero-order chi connectivity index (χ0) is 14.9. The van der Waals surface area contributed by atoms with Gasteiger partial charge in [0.15, 0.2) is 11.6 Å². The van der Waals surface area contributed by atoms with E-state index in [0.717, 1.165) is 10.4 Å². The number of methoxy groups -OCH3 is 1. The lowest BCUT2D eigenvalue weighted by atomic mass is 10.3. The second kappa shape index (κ2) is 5.58. The fourth-order valence-electron chi connectivity index (χ4n) is 1.80. The highest BCUT2D eigenvalue weighted by Gasteiger charge is 2.40. The van der Waals surface area contributed by atoms with Crippen molar-refractivity contribution < 1.29 is 27.4 Å². The SMILES string of the molecule is COc1ccc(S(=O)(=O)N2CSC[C@H]2C(=O)O)cc1F. The molecule has 0 radical (unpaired) electrons. The first-order valence-corrected chi connectivity index (χ1v) is 8.13. The molecule has 0 unspecified atom stereocenters. The predicted octanol–water partition coefficient (Wildman–Crippen LogP) is 0.982. The number of carboxylic acids is 1. The maximum atomic E-state index is 13.6. The quantitative estimate of drug-likeness (QED) is 0.890. The minimum Gasteiger partial charge on any atom is -0.494 e. The van der Waals surface area contributed by atoms with Crippen LogP contribution >= 0.6 is 11.8 Å². The maximum absolute atomic E-state index is 13.6. The van der Waals surface area contributed by atoms with Crippen LogP contribution in [0.4, 0.5) is 4.39 Å². The number of carboxylic acid groups (broad SMARTS) is 1. The number of aliphatic carboxylic acids is 1. The van der Waals surface area contributed by atoms with Crippen molar-refractivity contribution in [2.75, 3.05) is 18.7 Å². The summed E-state index contributed by atoms with van der Waals surface area (Å²) >= 11 is 1.20. The Hall–Kier alpha value is -1.32. The molecule has 110 valence electrons. The summed E-state index contributed by atoms with van der Waals surface area (Å²) in [6.07, 6.45) is 0. The van der Waals surface area contributed by atoms with Crippen molar-refractivity contribution in [2.24, 2.45) is 0 Å². The lowest BCUT2D eigenvalue weighted by Crippen LogP contribution is -2.41. The molecule has 0 bridgehead atoms. The van der Waals surface area contributed by atoms with E-state index in [2.05, 4.69) is 0 Å². The molecule has 9 heteroatoms. The number of hydrogen-bond donors (Lipinski definition) is 1. The third kappa shape index (κ3) is 2.60. The molecule has 0 saturated carbocycles. The molecule has 1 aliphatic heterocycles. The van der Waals surface area contributed by atoms with E-state index < -0.39 is 27.9 Å². The molecule has 6 nitrogen and oxygen atoms in total. The summed E-state index contributed by atoms with van der Waals surface area (Å²) in [5.41, 5.74) is 0. The summed E-state index contributed by atoms with van der Waals surface area (Å²) in [5.74, 6) is -1.89. The Morgan fingerprint density at radius 1 is 1.55 bits per heavy atom. The van der Waals surface area contributed by atoms with Crippen molar-refractivity contribution in [3.05, 3.63) is 24.0 Å². The minimum absolute atomic E-state index is 0.0347. The molecule has 1 aromatic rings. The Morgan fingerprint density at radius 2 is 2.25 bits per heavy atom. The molecule has 1 N–H and O–H groups in total. The van der Waals surface area contributed by atoms with Crippen LogP contribution in [0.5, 0.6) is 5.75 Å². The van der Waals surface area contributed by atoms with Crippen molar-refractivity contribution in [3.8, 4) is 5.75 Å². The molecule has 1 heterocycles. The highest BCUT2D eigenvalue weighted by molar-refractivity contribution is 8.00. The smallest absolute Gasteiger partial charge is 0.322 e. The largest absolute Gasteiger partial charge is 0.494 e. The minimum atomic E-state index is -4.04. The second-order valence-electron chi connectivity index (χ2n) is 4.04. The summed E-state index contributed by atoms with van der Waals surface area (Å²) in [5, 5.41) is 9.02. The Balaban J connectivity index is 2.40. The molecular weight excluding hydrogens is 309 g/mol. The lowest BCUT2D eigenvalue weighted by Gasteiger charge is -2.20. The van der Waals surface area contributed by atoms with E-state index in [1.54, 1.807) is 0 Å². The number of hydrogen-bond acceptors (Lipinski definition) is 5. The third-order valence-electron chi connectivity index (χ3n) is 2.86. The number of halogens is 1. The van der Waals surface area contributed by atoms with Crippen LogP contribution in [0.15, 0.2) is 23.1 Å². The van der Waals surface area contributed by atoms with E-state index in [4.69, 9.17) is 9.84 Å². The zero-order valence-corrected chi connectivity index (χ0v) is 12.1. The summed E-state index contributed by atoms with van der Waals surface area (Å²) < 4.78 is 43.9. The molecular formula is C11H12FNO5S2. The van der Waals surface area contributed by atoms with E-state index in [1.807, 2.05) is 0 Å². The molecule has 1 atom stereocenters. The van der Waals surface area contributed by atoms with Gasteiger partial charge in [-0.15, -0.1) is 11.8 Å². The molecule has 0 spiro atoms. The molecule has 0 aromatic heterocycles. The van der Waals surface area contributed by atoms with Gasteiger partial charge in [-0.2, -0.15) is 4.31 Å². The van der Waals surface area contributed by atoms with E-state index >= 15 is 0 Å². The fourth-order valence-corrected chi connectivity index (χ4v) is 4.95. The Labute approximate surface area is 119 Å². The van der Waals surface area contributed by atoms with Crippen LogP contribution in [0.2, 0.25) is 0 Å². The number of sulfonamides is 1. The summed E-state index contributed by atoms with van der Waals surface area (Å²) in [6, 6.07) is 2.09. The molecule has 1 saturated heterocycles. The van der Waals surface area contributed by atoms with Crippen molar-refractivity contribution in [1.29, 1.82) is 0 Å². The number of rotatable bonds is 4. The standard InChI is InChI=1S/C11H12FNO5S2/c1-18-10-3-2-7(4-8(10)12)20(16,17)13-6-19-5-9(13)11(14)15/h2-4,9H,5-6H2,1H3,(H,14,15)/t9-/m0/s1. The molecule has 1 fully saturated rings. The number of benzene rings is 1. The van der Waals surface area contributed by atoms with Crippen molar-refractivity contribution in [3.63, 3.8) is 0 Å².